The topological polar surface area (TPSA) is 169 Å². The van der Waals surface area contributed by atoms with Gasteiger partial charge in [-0.1, -0.05) is 164 Å². The van der Waals surface area contributed by atoms with Gasteiger partial charge in [-0.3, -0.25) is 18.6 Å². The molecule has 0 aliphatic rings. The fourth-order valence-corrected chi connectivity index (χ4v) is 6.18. The number of hydrogen-bond acceptors (Lipinski definition) is 10. The van der Waals surface area contributed by atoms with E-state index in [1.54, 1.807) is 6.08 Å². The van der Waals surface area contributed by atoms with Crippen molar-refractivity contribution in [3.63, 3.8) is 0 Å². The molecule has 0 saturated carbocycles. The second-order valence-corrected chi connectivity index (χ2v) is 15.6. The number of phosphoric ester groups is 1. The van der Waals surface area contributed by atoms with Gasteiger partial charge in [0.1, 0.15) is 12.7 Å². The molecule has 56 heavy (non-hydrogen) atoms. The van der Waals surface area contributed by atoms with Crippen molar-refractivity contribution in [2.45, 2.75) is 180 Å². The molecule has 12 heteroatoms. The molecular weight excluding hydrogens is 735 g/mol. The van der Waals surface area contributed by atoms with Crippen LogP contribution in [-0.2, 0) is 32.7 Å². The van der Waals surface area contributed by atoms with Gasteiger partial charge in [0.05, 0.1) is 25.9 Å². The highest BCUT2D eigenvalue weighted by Crippen LogP contribution is 2.43. The number of rotatable bonds is 39. The second kappa shape index (κ2) is 39.5. The van der Waals surface area contributed by atoms with Crippen LogP contribution >= 0.6 is 7.82 Å². The summed E-state index contributed by atoms with van der Waals surface area (Å²) < 4.78 is 32.6. The van der Waals surface area contributed by atoms with Crippen LogP contribution in [0.25, 0.3) is 0 Å². The predicted molar refractivity (Wildman–Crippen MR) is 225 cm³/mol. The molecule has 0 spiro atoms. The Kier molecular flexibility index (Phi) is 37.8. The molecule has 0 aromatic carbocycles. The Morgan fingerprint density at radius 1 is 0.607 bits per heavy atom. The maximum atomic E-state index is 12.6. The number of phosphoric acid groups is 1. The van der Waals surface area contributed by atoms with Crippen molar-refractivity contribution < 1.29 is 52.9 Å². The van der Waals surface area contributed by atoms with Gasteiger partial charge in [0.2, 0.25) is 0 Å². The number of carbonyl (C=O) groups is 2. The highest BCUT2D eigenvalue weighted by molar-refractivity contribution is 7.47. The maximum Gasteiger partial charge on any atom is 0.472 e. The van der Waals surface area contributed by atoms with Crippen LogP contribution in [0.1, 0.15) is 162 Å². The van der Waals surface area contributed by atoms with Crippen molar-refractivity contribution in [1.29, 1.82) is 0 Å². The number of aliphatic hydroxyl groups excluding tert-OH is 3. The smallest absolute Gasteiger partial charge is 0.462 e. The van der Waals surface area contributed by atoms with E-state index in [2.05, 4.69) is 35.8 Å². The first-order chi connectivity index (χ1) is 27.1. The summed E-state index contributed by atoms with van der Waals surface area (Å²) >= 11 is 0. The quantitative estimate of drug-likeness (QED) is 0.0153. The first-order valence-corrected chi connectivity index (χ1v) is 22.8. The lowest BCUT2D eigenvalue weighted by Crippen LogP contribution is -2.29. The van der Waals surface area contributed by atoms with Crippen molar-refractivity contribution in [2.75, 3.05) is 26.4 Å². The van der Waals surface area contributed by atoms with E-state index in [-0.39, 0.29) is 19.4 Å². The minimum absolute atomic E-state index is 0.0912. The maximum absolute atomic E-state index is 12.6. The van der Waals surface area contributed by atoms with Crippen LogP contribution in [0.3, 0.4) is 0 Å². The normalized spacial score (nSPS) is 15.0. The molecule has 0 radical (unpaired) electrons. The summed E-state index contributed by atoms with van der Waals surface area (Å²) in [4.78, 5) is 34.9. The number of ether oxygens (including phenoxy) is 2. The number of aliphatic hydroxyl groups is 3. The summed E-state index contributed by atoms with van der Waals surface area (Å²) in [6, 6.07) is 0. The van der Waals surface area contributed by atoms with Crippen molar-refractivity contribution >= 4 is 19.8 Å². The van der Waals surface area contributed by atoms with Gasteiger partial charge in [-0.25, -0.2) is 4.57 Å². The molecular formula is C44H77O11P. The van der Waals surface area contributed by atoms with Crippen LogP contribution in [0.4, 0.5) is 0 Å². The summed E-state index contributed by atoms with van der Waals surface area (Å²) in [5.41, 5.74) is 0. The van der Waals surface area contributed by atoms with E-state index in [0.717, 1.165) is 38.5 Å². The summed E-state index contributed by atoms with van der Waals surface area (Å²) in [5, 5.41) is 27.8. The van der Waals surface area contributed by atoms with Gasteiger partial charge in [0.25, 0.3) is 0 Å². The molecule has 0 aliphatic carbocycles. The van der Waals surface area contributed by atoms with Crippen LogP contribution in [0, 0.1) is 0 Å². The number of esters is 2. The Hall–Kier alpha value is -2.37. The lowest BCUT2D eigenvalue weighted by atomic mass is 10.0. The minimum atomic E-state index is -4.64. The van der Waals surface area contributed by atoms with E-state index in [9.17, 15) is 29.3 Å². The Balaban J connectivity index is 4.42. The van der Waals surface area contributed by atoms with Gasteiger partial charge in [-0.15, -0.1) is 0 Å². The fourth-order valence-electron chi connectivity index (χ4n) is 5.39. The van der Waals surface area contributed by atoms with Crippen molar-refractivity contribution in [3.05, 3.63) is 60.8 Å². The molecule has 0 bridgehead atoms. The van der Waals surface area contributed by atoms with Gasteiger partial charge in [0, 0.05) is 12.8 Å². The fraction of sp³-hybridized carbons (Fsp3) is 0.727. The molecule has 11 nitrogen and oxygen atoms in total. The molecule has 1 unspecified atom stereocenters. The van der Waals surface area contributed by atoms with Gasteiger partial charge in [-0.05, 0) is 44.9 Å². The zero-order valence-corrected chi connectivity index (χ0v) is 35.6. The lowest BCUT2D eigenvalue weighted by Gasteiger charge is -2.20. The van der Waals surface area contributed by atoms with Crippen LogP contribution in [0.15, 0.2) is 60.8 Å². The molecule has 0 saturated heterocycles. The largest absolute Gasteiger partial charge is 0.472 e. The number of carbonyl (C=O) groups excluding carboxylic acids is 2. The molecule has 4 atom stereocenters. The zero-order chi connectivity index (χ0) is 41.4. The summed E-state index contributed by atoms with van der Waals surface area (Å²) in [6.45, 7) is 1.97. The molecule has 0 rings (SSSR count). The van der Waals surface area contributed by atoms with E-state index in [1.807, 2.05) is 37.3 Å². The van der Waals surface area contributed by atoms with Gasteiger partial charge in [-0.2, -0.15) is 0 Å². The third-order valence-electron chi connectivity index (χ3n) is 8.84. The lowest BCUT2D eigenvalue weighted by molar-refractivity contribution is -0.161. The molecule has 0 aromatic heterocycles. The summed E-state index contributed by atoms with van der Waals surface area (Å²) in [7, 11) is -4.64. The van der Waals surface area contributed by atoms with Crippen molar-refractivity contribution in [1.82, 2.24) is 0 Å². The summed E-state index contributed by atoms with van der Waals surface area (Å²) in [5.74, 6) is -1.01. The van der Waals surface area contributed by atoms with Gasteiger partial charge >= 0.3 is 19.8 Å². The molecule has 0 heterocycles. The number of unbranched alkanes of at least 4 members (excludes halogenated alkanes) is 15. The zero-order valence-electron chi connectivity index (χ0n) is 34.7. The highest BCUT2D eigenvalue weighted by atomic mass is 31.2. The first kappa shape index (κ1) is 53.6. The number of allylic oxidation sites excluding steroid dienone is 9. The predicted octanol–water partition coefficient (Wildman–Crippen LogP) is 10.1. The minimum Gasteiger partial charge on any atom is -0.462 e. The molecule has 0 amide bonds. The molecule has 0 aromatic rings. The Morgan fingerprint density at radius 2 is 1.11 bits per heavy atom. The third kappa shape index (κ3) is 38.5. The van der Waals surface area contributed by atoms with Crippen molar-refractivity contribution in [2.24, 2.45) is 0 Å². The SMILES string of the molecule is CCCCCCCCCCCCCCCCCC(=O)OC[C@H](COP(=O)(O)OC[C@@H](O)CO)OC(=O)CCC/C=C\C/C=C\C/C=C\C/C=C\C=C\[C@H](O)CC. The first-order valence-electron chi connectivity index (χ1n) is 21.4. The Bertz CT molecular complexity index is 1130. The molecule has 4 N–H and O–H groups in total. The van der Waals surface area contributed by atoms with Gasteiger partial charge < -0.3 is 29.7 Å². The molecule has 0 fully saturated rings. The second-order valence-electron chi connectivity index (χ2n) is 14.2. The average Bonchev–Trinajstić information content (AvgIpc) is 3.19. The van der Waals surface area contributed by atoms with E-state index < -0.39 is 57.9 Å². The van der Waals surface area contributed by atoms with E-state index in [0.29, 0.717) is 25.7 Å². The number of hydrogen-bond donors (Lipinski definition) is 4. The standard InChI is InChI=1S/C44H77O11P/c1-3-5-6-7-8-9-10-11-12-16-19-22-25-28-31-34-43(48)52-38-42(39-54-56(50,51)53-37-41(47)36-45)55-44(49)35-32-29-26-23-20-17-14-13-15-18-21-24-27-30-33-40(46)4-2/h14-15,17-18,23-24,26-27,30,33,40-42,45-47H,3-13,16,19-22,25,28-29,31-32,34-39H2,1-2H3,(H,50,51)/b17-14-,18-15-,26-23-,27-24-,33-30+/t40-,41+,42-/m1/s1. The van der Waals surface area contributed by atoms with Crippen LogP contribution in [-0.4, -0.2) is 76.9 Å². The Morgan fingerprint density at radius 3 is 1.66 bits per heavy atom. The van der Waals surface area contributed by atoms with E-state index in [1.165, 1.54) is 70.6 Å². The van der Waals surface area contributed by atoms with Gasteiger partial charge in [0.15, 0.2) is 6.10 Å². The van der Waals surface area contributed by atoms with E-state index in [4.69, 9.17) is 19.1 Å². The monoisotopic (exact) mass is 813 g/mol. The highest BCUT2D eigenvalue weighted by Gasteiger charge is 2.27. The third-order valence-corrected chi connectivity index (χ3v) is 9.79. The van der Waals surface area contributed by atoms with E-state index >= 15 is 0 Å². The molecule has 0 aliphatic heterocycles. The molecule has 324 valence electrons. The van der Waals surface area contributed by atoms with Crippen LogP contribution < -0.4 is 0 Å². The van der Waals surface area contributed by atoms with Crippen LogP contribution in [0.5, 0.6) is 0 Å². The van der Waals surface area contributed by atoms with Crippen LogP contribution in [0.2, 0.25) is 0 Å². The van der Waals surface area contributed by atoms with Crippen molar-refractivity contribution in [3.8, 4) is 0 Å². The Labute approximate surface area is 338 Å². The average molecular weight is 813 g/mol. The summed E-state index contributed by atoms with van der Waals surface area (Å²) in [6.07, 6.45) is 40.0.